The molecule has 0 atom stereocenters. The van der Waals surface area contributed by atoms with Crippen LogP contribution in [-0.2, 0) is 14.8 Å². The van der Waals surface area contributed by atoms with E-state index in [0.717, 1.165) is 11.1 Å². The normalized spacial score (nSPS) is 14.8. The number of sulfonamides is 1. The van der Waals surface area contributed by atoms with Gasteiger partial charge in [0.2, 0.25) is 15.9 Å². The predicted molar refractivity (Wildman–Crippen MR) is 130 cm³/mol. The summed E-state index contributed by atoms with van der Waals surface area (Å²) in [6, 6.07) is 14.4. The Morgan fingerprint density at radius 2 is 1.71 bits per heavy atom. The molecule has 0 N–H and O–H groups in total. The molecule has 0 radical (unpaired) electrons. The van der Waals surface area contributed by atoms with Crippen LogP contribution >= 0.6 is 11.3 Å². The van der Waals surface area contributed by atoms with Gasteiger partial charge in [-0.05, 0) is 29.8 Å². The molecule has 0 aliphatic carbocycles. The zero-order valence-electron chi connectivity index (χ0n) is 18.5. The summed E-state index contributed by atoms with van der Waals surface area (Å²) >= 11 is 1.41. The van der Waals surface area contributed by atoms with Crippen molar-refractivity contribution >= 4 is 37.5 Å². The van der Waals surface area contributed by atoms with Crippen LogP contribution in [0, 0.1) is 5.82 Å². The summed E-state index contributed by atoms with van der Waals surface area (Å²) in [7, 11) is -3.59. The van der Waals surface area contributed by atoms with Crippen LogP contribution in [0.3, 0.4) is 0 Å². The highest BCUT2D eigenvalue weighted by Gasteiger charge is 2.30. The zero-order chi connectivity index (χ0) is 24.4. The minimum absolute atomic E-state index is 0.208. The molecule has 0 unspecified atom stereocenters. The molecule has 1 saturated heterocycles. The number of carbonyl (C=O) groups is 1. The zero-order valence-corrected chi connectivity index (χ0v) is 20.1. The highest BCUT2D eigenvalue weighted by Crippen LogP contribution is 2.37. The lowest BCUT2D eigenvalue weighted by Crippen LogP contribution is -2.51. The van der Waals surface area contributed by atoms with E-state index in [-0.39, 0.29) is 55.3 Å². The fraction of sp³-hybridized carbons (Fsp3) is 0.208. The van der Waals surface area contributed by atoms with E-state index in [1.807, 2.05) is 5.38 Å². The number of halogens is 1. The minimum atomic E-state index is -3.59. The molecule has 1 aliphatic rings. The smallest absolute Gasteiger partial charge is 0.260 e. The van der Waals surface area contributed by atoms with Crippen molar-refractivity contribution in [3.05, 3.63) is 72.1 Å². The van der Waals surface area contributed by atoms with E-state index in [1.54, 1.807) is 47.4 Å². The Labute approximate surface area is 205 Å². The average Bonchev–Trinajstić information content (AvgIpc) is 3.33. The molecule has 2 aromatic carbocycles. The van der Waals surface area contributed by atoms with Crippen LogP contribution < -0.4 is 4.74 Å². The number of thiophene rings is 1. The Balaban J connectivity index is 1.25. The van der Waals surface area contributed by atoms with Gasteiger partial charge in [0.05, 0.1) is 10.3 Å². The Hall–Kier alpha value is -3.41. The van der Waals surface area contributed by atoms with Crippen LogP contribution in [0.15, 0.2) is 71.2 Å². The Bertz CT molecular complexity index is 1450. The summed E-state index contributed by atoms with van der Waals surface area (Å²) in [5, 5.41) is 2.56. The third kappa shape index (κ3) is 4.75. The van der Waals surface area contributed by atoms with Crippen molar-refractivity contribution in [1.29, 1.82) is 0 Å². The Kier molecular flexibility index (Phi) is 6.46. The van der Waals surface area contributed by atoms with E-state index in [2.05, 4.69) is 9.97 Å². The number of nitrogens with zero attached hydrogens (tertiary/aromatic N) is 4. The summed E-state index contributed by atoms with van der Waals surface area (Å²) in [5.41, 5.74) is 1.59. The van der Waals surface area contributed by atoms with Gasteiger partial charge in [-0.1, -0.05) is 30.3 Å². The second kappa shape index (κ2) is 9.68. The molecule has 0 bridgehead atoms. The van der Waals surface area contributed by atoms with Crippen LogP contribution in [0.1, 0.15) is 0 Å². The quantitative estimate of drug-likeness (QED) is 0.393. The molecule has 1 fully saturated rings. The maximum atomic E-state index is 13.4. The first-order chi connectivity index (χ1) is 16.9. The largest absolute Gasteiger partial charge is 0.467 e. The topological polar surface area (TPSA) is 92.7 Å². The van der Waals surface area contributed by atoms with Crippen LogP contribution in [0.4, 0.5) is 4.39 Å². The number of piperazine rings is 1. The first-order valence-corrected chi connectivity index (χ1v) is 13.2. The van der Waals surface area contributed by atoms with Crippen molar-refractivity contribution in [3.63, 3.8) is 0 Å². The van der Waals surface area contributed by atoms with Gasteiger partial charge in [-0.3, -0.25) is 4.79 Å². The number of ether oxygens (including phenoxy) is 1. The van der Waals surface area contributed by atoms with Crippen molar-refractivity contribution in [2.24, 2.45) is 0 Å². The first-order valence-electron chi connectivity index (χ1n) is 10.9. The fourth-order valence-corrected chi connectivity index (χ4v) is 6.29. The number of hydrogen-bond donors (Lipinski definition) is 0. The molecule has 180 valence electrons. The summed E-state index contributed by atoms with van der Waals surface area (Å²) in [4.78, 5) is 23.8. The van der Waals surface area contributed by atoms with Gasteiger partial charge in [0.1, 0.15) is 17.0 Å². The van der Waals surface area contributed by atoms with Crippen LogP contribution in [0.5, 0.6) is 5.88 Å². The van der Waals surface area contributed by atoms with E-state index in [1.165, 1.54) is 34.1 Å². The van der Waals surface area contributed by atoms with Crippen molar-refractivity contribution in [3.8, 4) is 17.0 Å². The summed E-state index contributed by atoms with van der Waals surface area (Å²) < 4.78 is 46.2. The molecule has 35 heavy (non-hydrogen) atoms. The van der Waals surface area contributed by atoms with Gasteiger partial charge in [-0.2, -0.15) is 4.31 Å². The second-order valence-electron chi connectivity index (χ2n) is 7.90. The number of amides is 1. The van der Waals surface area contributed by atoms with Crippen LogP contribution in [0.25, 0.3) is 21.3 Å². The second-order valence-corrected chi connectivity index (χ2v) is 10.7. The molecule has 0 saturated carbocycles. The van der Waals surface area contributed by atoms with Gasteiger partial charge in [-0.25, -0.2) is 22.8 Å². The lowest BCUT2D eigenvalue weighted by atomic mass is 10.1. The number of rotatable bonds is 6. The molecule has 0 spiro atoms. The van der Waals surface area contributed by atoms with Crippen molar-refractivity contribution in [2.75, 3.05) is 32.8 Å². The summed E-state index contributed by atoms with van der Waals surface area (Å²) in [6.07, 6.45) is 1.38. The molecule has 11 heteroatoms. The molecule has 5 rings (SSSR count). The maximum Gasteiger partial charge on any atom is 0.260 e. The monoisotopic (exact) mass is 512 g/mol. The molecule has 8 nitrogen and oxygen atoms in total. The van der Waals surface area contributed by atoms with Crippen LogP contribution in [0.2, 0.25) is 0 Å². The SMILES string of the molecule is O=C(COc1ncnc2scc(-c3ccc(F)cc3)c12)N1CCN(S(=O)(=O)c2ccccc2)CC1. The van der Waals surface area contributed by atoms with Crippen LogP contribution in [-0.4, -0.2) is 66.3 Å². The molecule has 2 aromatic heterocycles. The number of hydrogen-bond acceptors (Lipinski definition) is 7. The molecular weight excluding hydrogens is 491 g/mol. The lowest BCUT2D eigenvalue weighted by Gasteiger charge is -2.33. The van der Waals surface area contributed by atoms with Crippen molar-refractivity contribution in [2.45, 2.75) is 4.90 Å². The predicted octanol–water partition coefficient (Wildman–Crippen LogP) is 3.41. The van der Waals surface area contributed by atoms with E-state index < -0.39 is 10.0 Å². The minimum Gasteiger partial charge on any atom is -0.467 e. The van der Waals surface area contributed by atoms with Crippen molar-refractivity contribution in [1.82, 2.24) is 19.2 Å². The number of aromatic nitrogens is 2. The molecular formula is C24H21FN4O4S2. The van der Waals surface area contributed by atoms with Gasteiger partial charge >= 0.3 is 0 Å². The highest BCUT2D eigenvalue weighted by atomic mass is 32.2. The number of benzene rings is 2. The third-order valence-electron chi connectivity index (χ3n) is 5.80. The number of carbonyl (C=O) groups excluding carboxylic acids is 1. The maximum absolute atomic E-state index is 13.4. The van der Waals surface area contributed by atoms with Gasteiger partial charge < -0.3 is 9.64 Å². The summed E-state index contributed by atoms with van der Waals surface area (Å²) in [6.45, 7) is 0.718. The van der Waals surface area contributed by atoms with Gasteiger partial charge in [0.25, 0.3) is 5.91 Å². The van der Waals surface area contributed by atoms with Gasteiger partial charge in [-0.15, -0.1) is 11.3 Å². The Morgan fingerprint density at radius 3 is 2.43 bits per heavy atom. The van der Waals surface area contributed by atoms with E-state index >= 15 is 0 Å². The standard InChI is InChI=1S/C24H21FN4O4S2/c25-18-8-6-17(7-9-18)20-15-34-24-22(20)23(26-16-27-24)33-14-21(30)28-10-12-29(13-11-28)35(31,32)19-4-2-1-3-5-19/h1-9,15-16H,10-14H2. The van der Waals surface area contributed by atoms with Gasteiger partial charge in [0, 0.05) is 37.1 Å². The van der Waals surface area contributed by atoms with E-state index in [4.69, 9.17) is 4.74 Å². The Morgan fingerprint density at radius 1 is 1.00 bits per heavy atom. The van der Waals surface area contributed by atoms with Crippen molar-refractivity contribution < 1.29 is 22.3 Å². The van der Waals surface area contributed by atoms with E-state index in [0.29, 0.717) is 10.2 Å². The number of fused-ring (bicyclic) bond motifs is 1. The van der Waals surface area contributed by atoms with Gasteiger partial charge in [0.15, 0.2) is 6.61 Å². The molecule has 3 heterocycles. The molecule has 1 aliphatic heterocycles. The summed E-state index contributed by atoms with van der Waals surface area (Å²) in [5.74, 6) is -0.315. The first kappa shape index (κ1) is 23.3. The van der Waals surface area contributed by atoms with E-state index in [9.17, 15) is 17.6 Å². The molecule has 1 amide bonds. The molecule has 4 aromatic rings. The fourth-order valence-electron chi connectivity index (χ4n) is 3.94. The lowest BCUT2D eigenvalue weighted by molar-refractivity contribution is -0.134. The average molecular weight is 513 g/mol. The third-order valence-corrected chi connectivity index (χ3v) is 8.59. The highest BCUT2D eigenvalue weighted by molar-refractivity contribution is 7.89.